The Balaban J connectivity index is 1.31. The van der Waals surface area contributed by atoms with Crippen LogP contribution in [0, 0.1) is 5.41 Å². The number of aliphatic hydroxyl groups excluding tert-OH is 3. The molecule has 34 heavy (non-hydrogen) atoms. The zero-order chi connectivity index (χ0) is 23.8. The lowest BCUT2D eigenvalue weighted by Crippen LogP contribution is -2.38. The first-order valence-electron chi connectivity index (χ1n) is 11.4. The van der Waals surface area contributed by atoms with Crippen LogP contribution in [0.25, 0.3) is 17.1 Å². The summed E-state index contributed by atoms with van der Waals surface area (Å²) in [7, 11) is 2.06. The van der Waals surface area contributed by atoms with Crippen LogP contribution in [0.15, 0.2) is 41.3 Å². The van der Waals surface area contributed by atoms with Gasteiger partial charge in [0.2, 0.25) is 0 Å². The highest BCUT2D eigenvalue weighted by Gasteiger charge is 2.58. The molecule has 0 radical (unpaired) electrons. The van der Waals surface area contributed by atoms with E-state index < -0.39 is 23.9 Å². The van der Waals surface area contributed by atoms with E-state index in [1.54, 1.807) is 0 Å². The van der Waals surface area contributed by atoms with E-state index in [2.05, 4.69) is 55.3 Å². The standard InChI is InChI=1S/C24H27BrN6O3/c1-30-10-24(8-17(30)13-3-2-12-6-15(25)23(34)29-16(12)7-13)9-18(19(32)20(24)33)31-5-4-14-21(26)27-11-28-22(14)31/h2-7,11,17-20,23,29,32-34H,8-10H2,1H3,(H2,26,27,28). The first kappa shape index (κ1) is 22.0. The zero-order valence-corrected chi connectivity index (χ0v) is 20.2. The molecular formula is C24H27BrN6O3. The number of aromatic nitrogens is 3. The Labute approximate surface area is 205 Å². The molecule has 4 heterocycles. The van der Waals surface area contributed by atoms with Crippen molar-refractivity contribution in [3.05, 3.63) is 52.4 Å². The van der Waals surface area contributed by atoms with E-state index in [0.717, 1.165) is 28.6 Å². The Bertz CT molecular complexity index is 1310. The van der Waals surface area contributed by atoms with Gasteiger partial charge in [0, 0.05) is 34.4 Å². The molecule has 2 fully saturated rings. The van der Waals surface area contributed by atoms with Crippen molar-refractivity contribution >= 4 is 44.5 Å². The van der Waals surface area contributed by atoms with Crippen molar-refractivity contribution < 1.29 is 15.3 Å². The molecule has 6 rings (SSSR count). The SMILES string of the molecule is CN1CC2(CC1c1ccc3c(c1)NC(O)C(Br)=C3)CC(n1ccc3c(N)ncnc31)C(O)C2O. The van der Waals surface area contributed by atoms with Crippen molar-refractivity contribution in [1.82, 2.24) is 19.4 Å². The minimum absolute atomic E-state index is 0.0820. The number of hydrogen-bond acceptors (Lipinski definition) is 8. The fraction of sp³-hybridized carbons (Fsp3) is 0.417. The number of aliphatic hydroxyl groups is 3. The van der Waals surface area contributed by atoms with E-state index in [1.165, 1.54) is 6.33 Å². The number of nitrogens with zero attached hydrogens (tertiary/aromatic N) is 4. The average Bonchev–Trinajstić information content (AvgIpc) is 3.45. The summed E-state index contributed by atoms with van der Waals surface area (Å²) in [4.78, 5) is 10.7. The lowest BCUT2D eigenvalue weighted by molar-refractivity contribution is -0.0238. The van der Waals surface area contributed by atoms with Gasteiger partial charge < -0.3 is 30.9 Å². The topological polar surface area (TPSA) is 133 Å². The van der Waals surface area contributed by atoms with Crippen molar-refractivity contribution in [2.75, 3.05) is 24.6 Å². The number of fused-ring (bicyclic) bond motifs is 2. The Morgan fingerprint density at radius 2 is 2.00 bits per heavy atom. The molecule has 1 spiro atoms. The van der Waals surface area contributed by atoms with E-state index in [-0.39, 0.29) is 12.1 Å². The van der Waals surface area contributed by atoms with E-state index in [9.17, 15) is 15.3 Å². The number of hydrogen-bond donors (Lipinski definition) is 5. The van der Waals surface area contributed by atoms with Crippen molar-refractivity contribution in [1.29, 1.82) is 0 Å². The van der Waals surface area contributed by atoms with Crippen LogP contribution in [-0.2, 0) is 0 Å². The van der Waals surface area contributed by atoms with Crippen LogP contribution < -0.4 is 11.1 Å². The molecule has 1 saturated carbocycles. The lowest BCUT2D eigenvalue weighted by Gasteiger charge is -2.27. The summed E-state index contributed by atoms with van der Waals surface area (Å²) in [6.45, 7) is 0.668. The summed E-state index contributed by atoms with van der Waals surface area (Å²) in [6.07, 6.45) is 4.01. The molecule has 178 valence electrons. The molecule has 6 N–H and O–H groups in total. The van der Waals surface area contributed by atoms with Crippen molar-refractivity contribution in [2.45, 2.75) is 43.4 Å². The fourth-order valence-corrected chi connectivity index (χ4v) is 6.54. The van der Waals surface area contributed by atoms with Crippen molar-refractivity contribution in [3.8, 4) is 0 Å². The number of benzene rings is 1. The lowest BCUT2D eigenvalue weighted by atomic mass is 9.80. The Kier molecular flexibility index (Phi) is 5.02. The van der Waals surface area contributed by atoms with Gasteiger partial charge in [-0.3, -0.25) is 4.90 Å². The first-order valence-corrected chi connectivity index (χ1v) is 12.2. The maximum Gasteiger partial charge on any atom is 0.157 e. The van der Waals surface area contributed by atoms with Crippen molar-refractivity contribution in [2.24, 2.45) is 5.41 Å². The minimum Gasteiger partial charge on any atom is -0.390 e. The molecule has 0 amide bonds. The van der Waals surface area contributed by atoms with E-state index >= 15 is 0 Å². The van der Waals surface area contributed by atoms with Gasteiger partial charge in [-0.1, -0.05) is 28.1 Å². The Morgan fingerprint density at radius 3 is 2.82 bits per heavy atom. The third-order valence-corrected chi connectivity index (χ3v) is 8.53. The maximum absolute atomic E-state index is 11.3. The molecule has 2 aromatic heterocycles. The van der Waals surface area contributed by atoms with Crippen LogP contribution in [0.5, 0.6) is 0 Å². The van der Waals surface area contributed by atoms with Gasteiger partial charge >= 0.3 is 0 Å². The second-order valence-electron chi connectivity index (χ2n) is 9.85. The van der Waals surface area contributed by atoms with Gasteiger partial charge in [-0.05, 0) is 49.2 Å². The summed E-state index contributed by atoms with van der Waals surface area (Å²) in [5.41, 5.74) is 9.21. The van der Waals surface area contributed by atoms with Gasteiger partial charge in [-0.15, -0.1) is 0 Å². The molecule has 1 aliphatic carbocycles. The van der Waals surface area contributed by atoms with Gasteiger partial charge in [0.15, 0.2) is 6.23 Å². The third kappa shape index (κ3) is 3.20. The number of halogens is 1. The molecule has 2 aliphatic heterocycles. The van der Waals surface area contributed by atoms with Crippen molar-refractivity contribution in [3.63, 3.8) is 0 Å². The van der Waals surface area contributed by atoms with Crippen LogP contribution in [0.4, 0.5) is 11.5 Å². The van der Waals surface area contributed by atoms with Crippen LogP contribution in [0.3, 0.4) is 0 Å². The maximum atomic E-state index is 11.3. The predicted octanol–water partition coefficient (Wildman–Crippen LogP) is 2.22. The summed E-state index contributed by atoms with van der Waals surface area (Å²) < 4.78 is 2.63. The van der Waals surface area contributed by atoms with Gasteiger partial charge in [0.1, 0.15) is 23.9 Å². The number of nitrogens with two attached hydrogens (primary N) is 1. The fourth-order valence-electron chi connectivity index (χ4n) is 6.17. The van der Waals surface area contributed by atoms with Gasteiger partial charge in [0.05, 0.1) is 17.5 Å². The summed E-state index contributed by atoms with van der Waals surface area (Å²) in [5, 5.41) is 36.4. The van der Waals surface area contributed by atoms with Gasteiger partial charge in [-0.2, -0.15) is 0 Å². The van der Waals surface area contributed by atoms with Crippen LogP contribution in [-0.4, -0.2) is 66.8 Å². The van der Waals surface area contributed by atoms with Crippen LogP contribution >= 0.6 is 15.9 Å². The largest absolute Gasteiger partial charge is 0.390 e. The monoisotopic (exact) mass is 526 g/mol. The molecule has 10 heteroatoms. The van der Waals surface area contributed by atoms with Crippen LogP contribution in [0.1, 0.15) is 36.1 Å². The summed E-state index contributed by atoms with van der Waals surface area (Å²) in [6, 6.07) is 7.85. The molecule has 6 unspecified atom stereocenters. The molecule has 6 atom stereocenters. The molecule has 3 aromatic rings. The quantitative estimate of drug-likeness (QED) is 0.343. The highest BCUT2D eigenvalue weighted by molar-refractivity contribution is 9.11. The highest BCUT2D eigenvalue weighted by Crippen LogP contribution is 2.55. The van der Waals surface area contributed by atoms with E-state index in [1.807, 2.05) is 29.0 Å². The second-order valence-corrected chi connectivity index (χ2v) is 10.8. The number of anilines is 2. The summed E-state index contributed by atoms with van der Waals surface area (Å²) in [5.74, 6) is 0.403. The smallest absolute Gasteiger partial charge is 0.157 e. The normalized spacial score (nSPS) is 33.3. The number of rotatable bonds is 2. The molecule has 1 saturated heterocycles. The molecule has 0 bridgehead atoms. The van der Waals surface area contributed by atoms with Crippen LogP contribution in [0.2, 0.25) is 0 Å². The molecular weight excluding hydrogens is 500 g/mol. The summed E-state index contributed by atoms with van der Waals surface area (Å²) >= 11 is 3.38. The van der Waals surface area contributed by atoms with Gasteiger partial charge in [0.25, 0.3) is 0 Å². The minimum atomic E-state index is -0.915. The third-order valence-electron chi connectivity index (χ3n) is 7.86. The second kappa shape index (κ2) is 7.76. The van der Waals surface area contributed by atoms with E-state index in [0.29, 0.717) is 28.9 Å². The highest BCUT2D eigenvalue weighted by atomic mass is 79.9. The zero-order valence-electron chi connectivity index (χ0n) is 18.6. The Morgan fingerprint density at radius 1 is 1.18 bits per heavy atom. The average molecular weight is 527 g/mol. The molecule has 9 nitrogen and oxygen atoms in total. The predicted molar refractivity (Wildman–Crippen MR) is 133 cm³/mol. The number of nitrogen functional groups attached to an aromatic ring is 1. The molecule has 3 aliphatic rings. The Hall–Kier alpha value is -2.50. The first-order chi connectivity index (χ1) is 16.3. The molecule has 1 aromatic carbocycles. The van der Waals surface area contributed by atoms with Gasteiger partial charge in [-0.25, -0.2) is 9.97 Å². The van der Waals surface area contributed by atoms with E-state index in [4.69, 9.17) is 5.73 Å². The number of likely N-dealkylation sites (tertiary alicyclic amines) is 1. The number of nitrogens with one attached hydrogen (secondary N) is 1.